The number of aryl methyl sites for hydroxylation is 1. The Hall–Kier alpha value is -0.380. The summed E-state index contributed by atoms with van der Waals surface area (Å²) in [4.78, 5) is 4.02. The maximum atomic E-state index is 9.53. The Kier molecular flexibility index (Phi) is 3.01. The first-order valence-corrected chi connectivity index (χ1v) is 7.19. The van der Waals surface area contributed by atoms with Gasteiger partial charge in [-0.15, -0.1) is 11.3 Å². The van der Waals surface area contributed by atoms with E-state index in [0.29, 0.717) is 0 Å². The van der Waals surface area contributed by atoms with Crippen molar-refractivity contribution in [3.63, 3.8) is 0 Å². The molecule has 3 heteroatoms. The van der Waals surface area contributed by atoms with E-state index >= 15 is 0 Å². The van der Waals surface area contributed by atoms with Crippen molar-refractivity contribution in [2.24, 2.45) is 0 Å². The van der Waals surface area contributed by atoms with Crippen LogP contribution in [0.15, 0.2) is 5.38 Å². The fourth-order valence-electron chi connectivity index (χ4n) is 2.89. The van der Waals surface area contributed by atoms with Gasteiger partial charge in [0.1, 0.15) is 0 Å². The summed E-state index contributed by atoms with van der Waals surface area (Å²) in [5.41, 5.74) is 3.17. The van der Waals surface area contributed by atoms with Crippen LogP contribution in [0.25, 0.3) is 0 Å². The molecule has 3 rings (SSSR count). The number of nitrogens with zero attached hydrogens (tertiary/aromatic N) is 1. The monoisotopic (exact) mass is 237 g/mol. The van der Waals surface area contributed by atoms with Gasteiger partial charge in [-0.05, 0) is 48.6 Å². The Morgan fingerprint density at radius 3 is 3.06 bits per heavy atom. The largest absolute Gasteiger partial charge is 0.392 e. The van der Waals surface area contributed by atoms with Gasteiger partial charge in [0.2, 0.25) is 0 Å². The maximum absolute atomic E-state index is 9.53. The van der Waals surface area contributed by atoms with Gasteiger partial charge in [0.15, 0.2) is 0 Å². The van der Waals surface area contributed by atoms with Gasteiger partial charge in [0.25, 0.3) is 0 Å². The fourth-order valence-corrected chi connectivity index (χ4v) is 4.03. The molecule has 2 heterocycles. The van der Waals surface area contributed by atoms with Crippen LogP contribution in [0, 0.1) is 0 Å². The minimum absolute atomic E-state index is 0.0885. The third kappa shape index (κ3) is 2.04. The lowest BCUT2D eigenvalue weighted by Crippen LogP contribution is -2.22. The first-order chi connectivity index (χ1) is 7.83. The fraction of sp³-hybridized carbons (Fsp3) is 0.692. The van der Waals surface area contributed by atoms with Crippen LogP contribution < -0.4 is 0 Å². The third-order valence-electron chi connectivity index (χ3n) is 3.79. The van der Waals surface area contributed by atoms with E-state index in [1.165, 1.54) is 31.2 Å². The van der Waals surface area contributed by atoms with E-state index in [1.54, 1.807) is 10.4 Å². The molecule has 1 fully saturated rings. The molecule has 0 amide bonds. The van der Waals surface area contributed by atoms with Crippen LogP contribution in [0.5, 0.6) is 0 Å². The molecule has 1 saturated heterocycles. The topological polar surface area (TPSA) is 23.5 Å². The van der Waals surface area contributed by atoms with Crippen LogP contribution in [0.3, 0.4) is 0 Å². The zero-order valence-electron chi connectivity index (χ0n) is 9.61. The summed E-state index contributed by atoms with van der Waals surface area (Å²) in [5.74, 6) is 0. The Labute approximate surface area is 101 Å². The van der Waals surface area contributed by atoms with Gasteiger partial charge in [-0.1, -0.05) is 0 Å². The molecular weight excluding hydrogens is 218 g/mol. The van der Waals surface area contributed by atoms with E-state index in [4.69, 9.17) is 0 Å². The Bertz CT molecular complexity index is 374. The molecule has 1 unspecified atom stereocenters. The van der Waals surface area contributed by atoms with Gasteiger partial charge >= 0.3 is 0 Å². The predicted octanol–water partition coefficient (Wildman–Crippen LogP) is 2.19. The lowest BCUT2D eigenvalue weighted by atomic mass is 9.96. The molecule has 0 spiro atoms. The number of β-amino-alcohol motifs (C(OH)–C–C–N with tert-alkyl or cyclic N) is 1. The molecule has 2 nitrogen and oxygen atoms in total. The number of rotatable bonds is 2. The highest BCUT2D eigenvalue weighted by Crippen LogP contribution is 2.31. The molecule has 88 valence electrons. The SMILES string of the molecule is OC1CCN(Cc2csc3c2CCCC3)C1. The highest BCUT2D eigenvalue weighted by Gasteiger charge is 2.22. The first kappa shape index (κ1) is 10.8. The van der Waals surface area contributed by atoms with Crippen LogP contribution in [-0.4, -0.2) is 29.2 Å². The van der Waals surface area contributed by atoms with E-state index in [2.05, 4.69) is 10.3 Å². The lowest BCUT2D eigenvalue weighted by molar-refractivity contribution is 0.174. The molecule has 1 aliphatic carbocycles. The zero-order chi connectivity index (χ0) is 11.0. The molecular formula is C13H19NOS. The molecule has 0 saturated carbocycles. The number of thiophene rings is 1. The second-order valence-corrected chi connectivity index (χ2v) is 6.01. The van der Waals surface area contributed by atoms with E-state index in [-0.39, 0.29) is 6.10 Å². The van der Waals surface area contributed by atoms with Gasteiger partial charge in [0.05, 0.1) is 6.10 Å². The summed E-state index contributed by atoms with van der Waals surface area (Å²) >= 11 is 1.95. The second kappa shape index (κ2) is 4.47. The predicted molar refractivity (Wildman–Crippen MR) is 66.9 cm³/mol. The van der Waals surface area contributed by atoms with Crippen molar-refractivity contribution in [1.82, 2.24) is 4.90 Å². The molecule has 0 aromatic carbocycles. The summed E-state index contributed by atoms with van der Waals surface area (Å²) in [6.45, 7) is 2.99. The van der Waals surface area contributed by atoms with Crippen molar-refractivity contribution >= 4 is 11.3 Å². The molecule has 0 bridgehead atoms. The van der Waals surface area contributed by atoms with Crippen LogP contribution in [-0.2, 0) is 19.4 Å². The summed E-state index contributed by atoms with van der Waals surface area (Å²) in [6.07, 6.45) is 6.17. The quantitative estimate of drug-likeness (QED) is 0.852. The van der Waals surface area contributed by atoms with Gasteiger partial charge in [-0.3, -0.25) is 4.90 Å². The highest BCUT2D eigenvalue weighted by atomic mass is 32.1. The van der Waals surface area contributed by atoms with Gasteiger partial charge in [-0.2, -0.15) is 0 Å². The molecule has 1 atom stereocenters. The van der Waals surface area contributed by atoms with Crippen LogP contribution in [0.4, 0.5) is 0 Å². The molecule has 1 aromatic heterocycles. The van der Waals surface area contributed by atoms with E-state index in [1.807, 2.05) is 11.3 Å². The molecule has 1 N–H and O–H groups in total. The highest BCUT2D eigenvalue weighted by molar-refractivity contribution is 7.10. The third-order valence-corrected chi connectivity index (χ3v) is 4.93. The average Bonchev–Trinajstić information content (AvgIpc) is 2.87. The number of likely N-dealkylation sites (tertiary alicyclic amines) is 1. The molecule has 0 radical (unpaired) electrons. The van der Waals surface area contributed by atoms with E-state index < -0.39 is 0 Å². The number of aliphatic hydroxyl groups is 1. The van der Waals surface area contributed by atoms with Crippen molar-refractivity contribution in [1.29, 1.82) is 0 Å². The first-order valence-electron chi connectivity index (χ1n) is 6.31. The van der Waals surface area contributed by atoms with Crippen molar-refractivity contribution in [3.8, 4) is 0 Å². The Morgan fingerprint density at radius 1 is 1.38 bits per heavy atom. The van der Waals surface area contributed by atoms with Crippen LogP contribution in [0.1, 0.15) is 35.3 Å². The molecule has 2 aliphatic rings. The number of fused-ring (bicyclic) bond motifs is 1. The average molecular weight is 237 g/mol. The van der Waals surface area contributed by atoms with Crippen LogP contribution in [0.2, 0.25) is 0 Å². The molecule has 1 aromatic rings. The lowest BCUT2D eigenvalue weighted by Gasteiger charge is -2.17. The van der Waals surface area contributed by atoms with Crippen molar-refractivity contribution in [2.75, 3.05) is 13.1 Å². The van der Waals surface area contributed by atoms with Gasteiger partial charge in [0, 0.05) is 24.5 Å². The van der Waals surface area contributed by atoms with Crippen molar-refractivity contribution < 1.29 is 5.11 Å². The second-order valence-electron chi connectivity index (χ2n) is 5.05. The van der Waals surface area contributed by atoms with Crippen molar-refractivity contribution in [3.05, 3.63) is 21.4 Å². The van der Waals surface area contributed by atoms with Gasteiger partial charge in [-0.25, -0.2) is 0 Å². The van der Waals surface area contributed by atoms with Crippen LogP contribution >= 0.6 is 11.3 Å². The maximum Gasteiger partial charge on any atom is 0.0679 e. The zero-order valence-corrected chi connectivity index (χ0v) is 10.4. The minimum Gasteiger partial charge on any atom is -0.392 e. The van der Waals surface area contributed by atoms with E-state index in [0.717, 1.165) is 26.1 Å². The summed E-state index contributed by atoms with van der Waals surface area (Å²) in [5, 5.41) is 11.9. The molecule has 16 heavy (non-hydrogen) atoms. The number of aliphatic hydroxyl groups excluding tert-OH is 1. The Balaban J connectivity index is 1.72. The summed E-state index contributed by atoms with van der Waals surface area (Å²) in [7, 11) is 0. The van der Waals surface area contributed by atoms with Crippen molar-refractivity contribution in [2.45, 2.75) is 44.8 Å². The van der Waals surface area contributed by atoms with Gasteiger partial charge < -0.3 is 5.11 Å². The Morgan fingerprint density at radius 2 is 2.25 bits per heavy atom. The smallest absolute Gasteiger partial charge is 0.0679 e. The standard InChI is InChI=1S/C13H19NOS/c15-11-5-6-14(8-11)7-10-9-16-13-4-2-1-3-12(10)13/h9,11,15H,1-8H2. The minimum atomic E-state index is -0.0885. The summed E-state index contributed by atoms with van der Waals surface area (Å²) < 4.78 is 0. The molecule has 1 aliphatic heterocycles. The van der Waals surface area contributed by atoms with E-state index in [9.17, 15) is 5.11 Å². The number of hydrogen-bond acceptors (Lipinski definition) is 3. The summed E-state index contributed by atoms with van der Waals surface area (Å²) in [6, 6.07) is 0. The number of hydrogen-bond donors (Lipinski definition) is 1. The normalized spacial score (nSPS) is 25.9.